The fraction of sp³-hybridized carbons (Fsp3) is 0. The van der Waals surface area contributed by atoms with Crippen molar-refractivity contribution in [2.24, 2.45) is 0 Å². The largest absolute Gasteiger partial charge is 0.673 e. The van der Waals surface area contributed by atoms with Gasteiger partial charge in [0.1, 0.15) is 5.56 Å². The molecule has 0 aliphatic heterocycles. The molecule has 0 fully saturated rings. The van der Waals surface area contributed by atoms with E-state index in [0.717, 1.165) is 0 Å². The summed E-state index contributed by atoms with van der Waals surface area (Å²) in [6.07, 6.45) is 5.33. The van der Waals surface area contributed by atoms with Crippen LogP contribution in [0.4, 0.5) is 28.6 Å². The monoisotopic (exact) mass is 437 g/mol. The Morgan fingerprint density at radius 3 is 1.81 bits per heavy atom. The third-order valence-electron chi connectivity index (χ3n) is 3.93. The molecule has 158 valence electrons. The van der Waals surface area contributed by atoms with Crippen molar-refractivity contribution in [1.82, 2.24) is 0 Å². The second-order valence-corrected chi connectivity index (χ2v) is 6.07. The van der Waals surface area contributed by atoms with Crippen LogP contribution < -0.4 is 0 Å². The maximum absolute atomic E-state index is 10.9. The number of halogens is 4. The fourth-order valence-electron chi connectivity index (χ4n) is 2.36. The minimum absolute atomic E-state index is 0.140. The van der Waals surface area contributed by atoms with Crippen molar-refractivity contribution in [3.63, 3.8) is 0 Å². The number of benzene rings is 3. The molecule has 0 unspecified atom stereocenters. The topological polar surface area (TPSA) is 71.3 Å². The lowest BCUT2D eigenvalue weighted by atomic mass is 9.95. The third-order valence-corrected chi connectivity index (χ3v) is 3.93. The highest BCUT2D eigenvalue weighted by molar-refractivity contribution is 6.50. The first-order chi connectivity index (χ1) is 15.1. The maximum atomic E-state index is 10.9. The lowest BCUT2D eigenvalue weighted by molar-refractivity contribution is -0.385. The van der Waals surface area contributed by atoms with Gasteiger partial charge in [-0.3, -0.25) is 10.1 Å². The van der Waals surface area contributed by atoms with Crippen molar-refractivity contribution >= 4 is 18.6 Å². The molecule has 0 saturated carbocycles. The van der Waals surface area contributed by atoms with E-state index < -0.39 is 12.2 Å². The number of rotatable bonds is 1. The number of nitrogens with zero attached hydrogens (tertiary/aromatic N) is 3. The molecular formula is C22H12BF4N3O2. The summed E-state index contributed by atoms with van der Waals surface area (Å²) in [6.45, 7) is 0. The van der Waals surface area contributed by atoms with Crippen LogP contribution in [0.1, 0.15) is 16.7 Å². The van der Waals surface area contributed by atoms with Crippen LogP contribution in [0.25, 0.3) is 16.1 Å². The van der Waals surface area contributed by atoms with Crippen LogP contribution in [0, 0.1) is 39.7 Å². The SMILES string of the molecule is C#Cc1c(C#Cc2ccc([N+]#N)cc2)cccc1[N+](=O)[O-].F[B-](F)(F)F.c1cc2ccc1-2. The van der Waals surface area contributed by atoms with Crippen molar-refractivity contribution in [2.45, 2.75) is 0 Å². The third kappa shape index (κ3) is 7.02. The van der Waals surface area contributed by atoms with Crippen LogP contribution in [-0.2, 0) is 0 Å². The van der Waals surface area contributed by atoms with Crippen LogP contribution in [0.15, 0.2) is 66.7 Å². The van der Waals surface area contributed by atoms with Gasteiger partial charge < -0.3 is 17.3 Å². The first-order valence-corrected chi connectivity index (χ1v) is 8.81. The van der Waals surface area contributed by atoms with E-state index in [4.69, 9.17) is 11.8 Å². The summed E-state index contributed by atoms with van der Waals surface area (Å²) in [7, 11) is -6.00. The molecule has 0 amide bonds. The number of terminal acetylenes is 1. The molecule has 10 heteroatoms. The molecule has 0 N–H and O–H groups in total. The lowest BCUT2D eigenvalue weighted by Crippen LogP contribution is -2.02. The molecule has 0 aromatic heterocycles. The van der Waals surface area contributed by atoms with Crippen molar-refractivity contribution in [3.05, 3.63) is 98.5 Å². The fourth-order valence-corrected chi connectivity index (χ4v) is 2.36. The predicted octanol–water partition coefficient (Wildman–Crippen LogP) is 6.43. The van der Waals surface area contributed by atoms with E-state index in [9.17, 15) is 27.4 Å². The maximum Gasteiger partial charge on any atom is 0.673 e. The Kier molecular flexibility index (Phi) is 7.71. The number of nitro benzene ring substituents is 1. The zero-order valence-electron chi connectivity index (χ0n) is 16.2. The predicted molar refractivity (Wildman–Crippen MR) is 114 cm³/mol. The number of nitro groups is 1. The summed E-state index contributed by atoms with van der Waals surface area (Å²) in [5.41, 5.74) is 4.39. The van der Waals surface area contributed by atoms with E-state index in [2.05, 4.69) is 47.0 Å². The Labute approximate surface area is 180 Å². The quantitative estimate of drug-likeness (QED) is 0.0861. The Hall–Kier alpha value is -4.62. The molecule has 0 bridgehead atoms. The second-order valence-electron chi connectivity index (χ2n) is 6.07. The molecule has 4 rings (SSSR count). The molecule has 32 heavy (non-hydrogen) atoms. The van der Waals surface area contributed by atoms with Crippen molar-refractivity contribution in [3.8, 4) is 35.3 Å². The van der Waals surface area contributed by atoms with Crippen molar-refractivity contribution in [2.75, 3.05) is 0 Å². The number of fused-ring (bicyclic) bond motifs is 1. The van der Waals surface area contributed by atoms with Crippen LogP contribution in [0.3, 0.4) is 0 Å². The number of hydrogen-bond acceptors (Lipinski definition) is 3. The Morgan fingerprint density at radius 2 is 1.44 bits per heavy atom. The van der Waals surface area contributed by atoms with Gasteiger partial charge in [0.15, 0.2) is 4.98 Å². The first-order valence-electron chi connectivity index (χ1n) is 8.81. The molecule has 2 aliphatic rings. The van der Waals surface area contributed by atoms with Gasteiger partial charge in [-0.05, 0) is 29.3 Å². The van der Waals surface area contributed by atoms with Gasteiger partial charge in [0.2, 0.25) is 5.39 Å². The van der Waals surface area contributed by atoms with Gasteiger partial charge in [0.25, 0.3) is 5.69 Å². The summed E-state index contributed by atoms with van der Waals surface area (Å²) in [4.78, 5) is 13.4. The van der Waals surface area contributed by atoms with Gasteiger partial charge in [0, 0.05) is 29.3 Å². The van der Waals surface area contributed by atoms with E-state index in [-0.39, 0.29) is 11.3 Å². The van der Waals surface area contributed by atoms with Crippen LogP contribution in [0.2, 0.25) is 0 Å². The molecular weight excluding hydrogens is 425 g/mol. The van der Waals surface area contributed by atoms with Gasteiger partial charge >= 0.3 is 12.9 Å². The van der Waals surface area contributed by atoms with Gasteiger partial charge in [-0.1, -0.05) is 48.1 Å². The van der Waals surface area contributed by atoms with Crippen LogP contribution in [-0.4, -0.2) is 12.2 Å². The highest BCUT2D eigenvalue weighted by atomic mass is 19.5. The minimum Gasteiger partial charge on any atom is -0.418 e. The molecule has 0 spiro atoms. The van der Waals surface area contributed by atoms with Gasteiger partial charge in [-0.15, -0.1) is 6.42 Å². The molecule has 2 aromatic carbocycles. The van der Waals surface area contributed by atoms with E-state index in [1.54, 1.807) is 30.3 Å². The smallest absolute Gasteiger partial charge is 0.418 e. The summed E-state index contributed by atoms with van der Waals surface area (Å²) < 4.78 is 39.0. The van der Waals surface area contributed by atoms with E-state index in [0.29, 0.717) is 16.8 Å². The zero-order chi connectivity index (χ0) is 23.7. The Bertz CT molecular complexity index is 1240. The number of diazo groups is 1. The number of hydrogen-bond donors (Lipinski definition) is 0. The van der Waals surface area contributed by atoms with Gasteiger partial charge in [-0.2, -0.15) is 0 Å². The molecule has 2 aliphatic carbocycles. The highest BCUT2D eigenvalue weighted by Crippen LogP contribution is 2.29. The molecule has 0 atom stereocenters. The highest BCUT2D eigenvalue weighted by Gasteiger charge is 2.20. The van der Waals surface area contributed by atoms with Crippen LogP contribution >= 0.6 is 0 Å². The second kappa shape index (κ2) is 10.4. The first kappa shape index (κ1) is 23.7. The van der Waals surface area contributed by atoms with Crippen molar-refractivity contribution in [1.29, 1.82) is 5.39 Å². The standard InChI is InChI=1S/C16H8N3O2.C6H4.BF4/c1-2-15-13(4-3-5-16(15)19(20)21)9-6-12-7-10-14(18-17)11-8-12;1-2-6-4-3-5(1)6;2-1(3,4)5/h1,3-5,7-8,10-11H;1-4H;/q+1;;-1. The van der Waals surface area contributed by atoms with Gasteiger partial charge in [0.05, 0.1) is 4.92 Å². The van der Waals surface area contributed by atoms with E-state index in [1.165, 1.54) is 23.3 Å². The summed E-state index contributed by atoms with van der Waals surface area (Å²) in [5.74, 6) is 7.99. The Balaban J connectivity index is 0.000000266. The summed E-state index contributed by atoms with van der Waals surface area (Å²) >= 11 is 0. The summed E-state index contributed by atoms with van der Waals surface area (Å²) in [5, 5.41) is 19.5. The van der Waals surface area contributed by atoms with E-state index >= 15 is 0 Å². The zero-order valence-corrected chi connectivity index (χ0v) is 16.2. The molecule has 5 nitrogen and oxygen atoms in total. The minimum atomic E-state index is -6.00. The van der Waals surface area contributed by atoms with E-state index in [1.807, 2.05) is 0 Å². The summed E-state index contributed by atoms with van der Waals surface area (Å²) in [6, 6.07) is 19.5. The molecule has 0 heterocycles. The average Bonchev–Trinajstić information content (AvgIpc) is 2.74. The normalized spacial score (nSPS) is 9.81. The molecule has 0 radical (unpaired) electrons. The Morgan fingerprint density at radius 1 is 0.906 bits per heavy atom. The average molecular weight is 437 g/mol. The van der Waals surface area contributed by atoms with Gasteiger partial charge in [-0.25, -0.2) is 0 Å². The molecule has 2 aromatic rings. The van der Waals surface area contributed by atoms with Crippen LogP contribution in [0.5, 0.6) is 0 Å². The molecule has 0 saturated heterocycles. The lowest BCUT2D eigenvalue weighted by Gasteiger charge is -2.10. The van der Waals surface area contributed by atoms with Crippen molar-refractivity contribution < 1.29 is 22.2 Å².